The summed E-state index contributed by atoms with van der Waals surface area (Å²) in [5.41, 5.74) is 16.6. The lowest BCUT2D eigenvalue weighted by atomic mass is 9.91. The number of H-pyrrole nitrogens is 1. The molecule has 2 heterocycles. The van der Waals surface area contributed by atoms with Crippen molar-refractivity contribution < 1.29 is 9.13 Å². The Kier molecular flexibility index (Phi) is 6.76. The first-order valence-corrected chi connectivity index (χ1v) is 13.2. The van der Waals surface area contributed by atoms with E-state index in [4.69, 9.17) is 26.2 Å². The lowest BCUT2D eigenvalue weighted by Crippen LogP contribution is -2.12. The van der Waals surface area contributed by atoms with Gasteiger partial charge in [0.1, 0.15) is 11.6 Å². The van der Waals surface area contributed by atoms with Gasteiger partial charge < -0.3 is 21.2 Å². The minimum atomic E-state index is -0.664. The molecule has 0 amide bonds. The fourth-order valence-electron chi connectivity index (χ4n) is 4.74. The lowest BCUT2D eigenvalue weighted by Gasteiger charge is -2.20. The number of hydrogen-bond donors (Lipinski definition) is 3. The minimum Gasteiger partial charge on any atom is -0.493 e. The zero-order valence-corrected chi connectivity index (χ0v) is 21.7. The topological polar surface area (TPSA) is 103 Å². The molecule has 0 radical (unpaired) electrons. The number of methoxy groups -OCH3 is 1. The van der Waals surface area contributed by atoms with E-state index in [9.17, 15) is 0 Å². The van der Waals surface area contributed by atoms with E-state index in [1.807, 2.05) is 55.6 Å². The van der Waals surface area contributed by atoms with Crippen LogP contribution < -0.4 is 16.2 Å². The van der Waals surface area contributed by atoms with Crippen LogP contribution in [0.15, 0.2) is 71.8 Å². The second-order valence-corrected chi connectivity index (χ2v) is 9.59. The molecule has 37 heavy (non-hydrogen) atoms. The van der Waals surface area contributed by atoms with E-state index in [1.165, 1.54) is 7.11 Å². The standard InChI is InChI=1S/C29H28FN5OS/c1-4-16-9-11-21(26(30)27(16)36-2)25(22-14-17-13-18(31)10-12-19(17)28(32)34-22)29-33-15-23(35-29)20-7-5-6-8-24(20)37-3/h5-15,25H,4,31H2,1-3H3,(H2,32,34)(H,33,35). The first kappa shape index (κ1) is 24.6. The molecule has 0 spiro atoms. The number of pyridine rings is 1. The van der Waals surface area contributed by atoms with Gasteiger partial charge >= 0.3 is 0 Å². The van der Waals surface area contributed by atoms with Gasteiger partial charge in [0, 0.05) is 27.1 Å². The summed E-state index contributed by atoms with van der Waals surface area (Å²) < 4.78 is 21.5. The summed E-state index contributed by atoms with van der Waals surface area (Å²) in [6.45, 7) is 1.96. The Hall–Kier alpha value is -4.04. The van der Waals surface area contributed by atoms with Gasteiger partial charge in [0.05, 0.1) is 30.6 Å². The molecular weight excluding hydrogens is 485 g/mol. The van der Waals surface area contributed by atoms with Crippen LogP contribution in [0, 0.1) is 5.82 Å². The van der Waals surface area contributed by atoms with E-state index in [-0.39, 0.29) is 5.75 Å². The molecule has 1 atom stereocenters. The number of rotatable bonds is 7. The molecule has 6 nitrogen and oxygen atoms in total. The molecule has 0 aliphatic heterocycles. The van der Waals surface area contributed by atoms with E-state index in [1.54, 1.807) is 30.1 Å². The van der Waals surface area contributed by atoms with Gasteiger partial charge in [-0.05, 0) is 54.0 Å². The minimum absolute atomic E-state index is 0.225. The van der Waals surface area contributed by atoms with Crippen LogP contribution in [0.25, 0.3) is 22.0 Å². The number of nitrogen functional groups attached to an aromatic ring is 2. The largest absolute Gasteiger partial charge is 0.493 e. The van der Waals surface area contributed by atoms with Crippen molar-refractivity contribution >= 4 is 34.0 Å². The molecule has 0 fully saturated rings. The van der Waals surface area contributed by atoms with Gasteiger partial charge in [-0.2, -0.15) is 0 Å². The number of aromatic nitrogens is 3. The molecule has 5 N–H and O–H groups in total. The summed E-state index contributed by atoms with van der Waals surface area (Å²) in [7, 11) is 1.48. The van der Waals surface area contributed by atoms with Gasteiger partial charge in [0.2, 0.25) is 0 Å². The fraction of sp³-hybridized carbons (Fsp3) is 0.172. The monoisotopic (exact) mass is 513 g/mol. The normalized spacial score (nSPS) is 12.1. The molecule has 0 saturated heterocycles. The third-order valence-corrected chi connectivity index (χ3v) is 7.37. The van der Waals surface area contributed by atoms with Crippen molar-refractivity contribution in [2.24, 2.45) is 0 Å². The molecule has 0 bridgehead atoms. The van der Waals surface area contributed by atoms with Crippen LogP contribution >= 0.6 is 11.8 Å². The molecule has 0 saturated carbocycles. The zero-order valence-electron chi connectivity index (χ0n) is 20.9. The summed E-state index contributed by atoms with van der Waals surface area (Å²) in [4.78, 5) is 14.0. The van der Waals surface area contributed by atoms with Crippen molar-refractivity contribution in [3.05, 3.63) is 95.3 Å². The highest BCUT2D eigenvalue weighted by molar-refractivity contribution is 7.98. The maximum atomic E-state index is 16.0. The molecule has 0 aliphatic carbocycles. The maximum absolute atomic E-state index is 16.0. The number of thioether (sulfide) groups is 1. The number of anilines is 2. The number of halogens is 1. The van der Waals surface area contributed by atoms with Crippen LogP contribution in [-0.2, 0) is 6.42 Å². The summed E-state index contributed by atoms with van der Waals surface area (Å²) in [6, 6.07) is 19.1. The number of nitrogens with one attached hydrogen (secondary N) is 1. The average molecular weight is 514 g/mol. The van der Waals surface area contributed by atoms with Crippen molar-refractivity contribution in [2.75, 3.05) is 24.8 Å². The average Bonchev–Trinajstić information content (AvgIpc) is 3.38. The summed E-state index contributed by atoms with van der Waals surface area (Å²) in [5.74, 6) is 0.00817. The number of benzene rings is 3. The SMILES string of the molecule is CCc1ccc(C(c2cc3cc(N)ccc3c(N)n2)c2ncc(-c3ccccc3SC)[nH]2)c(F)c1OC. The summed E-state index contributed by atoms with van der Waals surface area (Å²) >= 11 is 1.65. The van der Waals surface area contributed by atoms with E-state index in [2.05, 4.69) is 11.1 Å². The number of aryl methyl sites for hydroxylation is 1. The van der Waals surface area contributed by atoms with E-state index >= 15 is 4.39 Å². The van der Waals surface area contributed by atoms with Crippen molar-refractivity contribution in [3.63, 3.8) is 0 Å². The van der Waals surface area contributed by atoms with Crippen molar-refractivity contribution in [3.8, 4) is 17.0 Å². The Labute approximate surface area is 219 Å². The number of nitrogens with two attached hydrogens (primary N) is 2. The van der Waals surface area contributed by atoms with Crippen LogP contribution in [0.2, 0.25) is 0 Å². The van der Waals surface area contributed by atoms with Crippen LogP contribution in [0.1, 0.15) is 35.5 Å². The Morgan fingerprint density at radius 3 is 2.65 bits per heavy atom. The highest BCUT2D eigenvalue weighted by Gasteiger charge is 2.28. The molecule has 188 valence electrons. The van der Waals surface area contributed by atoms with Gasteiger partial charge in [0.15, 0.2) is 11.6 Å². The van der Waals surface area contributed by atoms with Crippen LogP contribution in [-0.4, -0.2) is 28.3 Å². The second-order valence-electron chi connectivity index (χ2n) is 8.74. The summed E-state index contributed by atoms with van der Waals surface area (Å²) in [5, 5.41) is 1.61. The molecule has 3 aromatic carbocycles. The van der Waals surface area contributed by atoms with E-state index in [0.29, 0.717) is 35.0 Å². The van der Waals surface area contributed by atoms with Crippen LogP contribution in [0.4, 0.5) is 15.9 Å². The quantitative estimate of drug-likeness (QED) is 0.172. The number of imidazole rings is 1. The van der Waals surface area contributed by atoms with Gasteiger partial charge in [-0.1, -0.05) is 37.3 Å². The van der Waals surface area contributed by atoms with Gasteiger partial charge in [-0.25, -0.2) is 14.4 Å². The Bertz CT molecular complexity index is 1600. The smallest absolute Gasteiger partial charge is 0.169 e. The Morgan fingerprint density at radius 2 is 1.89 bits per heavy atom. The zero-order chi connectivity index (χ0) is 26.1. The third-order valence-electron chi connectivity index (χ3n) is 6.57. The lowest BCUT2D eigenvalue weighted by molar-refractivity contribution is 0.379. The molecular formula is C29H28FN5OS. The predicted octanol–water partition coefficient (Wildman–Crippen LogP) is 6.40. The van der Waals surface area contributed by atoms with E-state index in [0.717, 1.165) is 32.5 Å². The van der Waals surface area contributed by atoms with Crippen LogP contribution in [0.5, 0.6) is 5.75 Å². The van der Waals surface area contributed by atoms with Crippen molar-refractivity contribution in [1.29, 1.82) is 0 Å². The number of ether oxygens (including phenoxy) is 1. The molecule has 1 unspecified atom stereocenters. The second kappa shape index (κ2) is 10.1. The number of nitrogens with zero attached hydrogens (tertiary/aromatic N) is 2. The molecule has 5 aromatic rings. The highest BCUT2D eigenvalue weighted by atomic mass is 32.2. The Balaban J connectivity index is 1.74. The maximum Gasteiger partial charge on any atom is 0.169 e. The van der Waals surface area contributed by atoms with E-state index < -0.39 is 11.7 Å². The molecule has 8 heteroatoms. The van der Waals surface area contributed by atoms with Crippen molar-refractivity contribution in [2.45, 2.75) is 24.2 Å². The molecule has 5 rings (SSSR count). The third kappa shape index (κ3) is 4.49. The fourth-order valence-corrected chi connectivity index (χ4v) is 5.35. The van der Waals surface area contributed by atoms with Crippen LogP contribution in [0.3, 0.4) is 0 Å². The van der Waals surface area contributed by atoms with Gasteiger partial charge in [-0.15, -0.1) is 11.8 Å². The Morgan fingerprint density at radius 1 is 1.08 bits per heavy atom. The number of hydrogen-bond acceptors (Lipinski definition) is 6. The molecule has 2 aromatic heterocycles. The predicted molar refractivity (Wildman–Crippen MR) is 150 cm³/mol. The van der Waals surface area contributed by atoms with Crippen molar-refractivity contribution in [1.82, 2.24) is 15.0 Å². The van der Waals surface area contributed by atoms with Gasteiger partial charge in [-0.3, -0.25) is 0 Å². The first-order chi connectivity index (χ1) is 17.9. The highest BCUT2D eigenvalue weighted by Crippen LogP contribution is 2.39. The first-order valence-electron chi connectivity index (χ1n) is 11.9. The van der Waals surface area contributed by atoms with Gasteiger partial charge in [0.25, 0.3) is 0 Å². The number of fused-ring (bicyclic) bond motifs is 1. The number of aromatic amines is 1. The molecule has 0 aliphatic rings. The summed E-state index contributed by atoms with van der Waals surface area (Å²) in [6.07, 6.45) is 4.44.